The predicted molar refractivity (Wildman–Crippen MR) is 143 cm³/mol. The number of halogens is 1. The normalized spacial score (nSPS) is 20.1. The van der Waals surface area contributed by atoms with Crippen LogP contribution in [0.4, 0.5) is 4.39 Å². The summed E-state index contributed by atoms with van der Waals surface area (Å²) >= 11 is 0. The molecule has 1 fully saturated rings. The second-order valence-corrected chi connectivity index (χ2v) is 9.41. The fourth-order valence-corrected chi connectivity index (χ4v) is 5.20. The zero-order valence-electron chi connectivity index (χ0n) is 21.3. The maximum absolute atomic E-state index is 13.6. The number of esters is 1. The van der Waals surface area contributed by atoms with Gasteiger partial charge in [-0.1, -0.05) is 72.8 Å². The second kappa shape index (κ2) is 11.6. The zero-order chi connectivity index (χ0) is 26.5. The number of rotatable bonds is 6. The van der Waals surface area contributed by atoms with Gasteiger partial charge in [-0.3, -0.25) is 19.8 Å². The Labute approximate surface area is 221 Å². The van der Waals surface area contributed by atoms with E-state index in [4.69, 9.17) is 9.73 Å². The van der Waals surface area contributed by atoms with Gasteiger partial charge in [-0.15, -0.1) is 0 Å². The first kappa shape index (κ1) is 25.6. The van der Waals surface area contributed by atoms with Crippen molar-refractivity contribution in [3.63, 3.8) is 0 Å². The molecule has 7 nitrogen and oxygen atoms in total. The van der Waals surface area contributed by atoms with Crippen molar-refractivity contribution in [2.24, 2.45) is 10.9 Å². The Morgan fingerprint density at radius 1 is 0.947 bits per heavy atom. The molecule has 8 heteroatoms. The van der Waals surface area contributed by atoms with E-state index in [1.807, 2.05) is 17.0 Å². The average Bonchev–Trinajstić information content (AvgIpc) is 2.95. The van der Waals surface area contributed by atoms with Gasteiger partial charge in [0.2, 0.25) is 11.9 Å². The van der Waals surface area contributed by atoms with Crippen LogP contribution in [0.25, 0.3) is 0 Å². The first-order chi connectivity index (χ1) is 18.5. The second-order valence-electron chi connectivity index (χ2n) is 9.41. The molecule has 1 N–H and O–H groups in total. The van der Waals surface area contributed by atoms with Crippen molar-refractivity contribution in [3.05, 3.63) is 107 Å². The fourth-order valence-electron chi connectivity index (χ4n) is 5.20. The summed E-state index contributed by atoms with van der Waals surface area (Å²) in [6.07, 6.45) is 0. The van der Waals surface area contributed by atoms with E-state index in [-0.39, 0.29) is 12.6 Å². The number of aliphatic imine (C=N–C) groups is 1. The topological polar surface area (TPSA) is 74.2 Å². The van der Waals surface area contributed by atoms with Gasteiger partial charge >= 0.3 is 5.97 Å². The van der Waals surface area contributed by atoms with E-state index in [1.165, 1.54) is 23.3 Å². The largest absolute Gasteiger partial charge is 0.465 e. The van der Waals surface area contributed by atoms with Gasteiger partial charge in [-0.05, 0) is 35.7 Å². The van der Waals surface area contributed by atoms with Crippen molar-refractivity contribution in [2.75, 3.05) is 32.8 Å². The molecule has 0 aliphatic carbocycles. The Morgan fingerprint density at radius 3 is 2.08 bits per heavy atom. The molecule has 3 aromatic carbocycles. The Hall–Kier alpha value is -4.04. The van der Waals surface area contributed by atoms with Crippen LogP contribution in [0, 0.1) is 11.7 Å². The summed E-state index contributed by atoms with van der Waals surface area (Å²) in [6.45, 7) is 4.65. The predicted octanol–water partition coefficient (Wildman–Crippen LogP) is 3.94. The molecule has 0 spiro atoms. The number of nitrogens with one attached hydrogen (secondary N) is 1. The lowest BCUT2D eigenvalue weighted by Gasteiger charge is -2.42. The van der Waals surface area contributed by atoms with E-state index in [2.05, 4.69) is 58.7 Å². The highest BCUT2D eigenvalue weighted by Crippen LogP contribution is 2.32. The Bertz CT molecular complexity index is 1240. The van der Waals surface area contributed by atoms with E-state index < -0.39 is 29.7 Å². The lowest BCUT2D eigenvalue weighted by molar-refractivity contribution is -0.153. The van der Waals surface area contributed by atoms with Crippen LogP contribution >= 0.6 is 0 Å². The van der Waals surface area contributed by atoms with Crippen molar-refractivity contribution < 1.29 is 18.7 Å². The fraction of sp³-hybridized carbons (Fsp3) is 0.300. The van der Waals surface area contributed by atoms with Crippen molar-refractivity contribution >= 4 is 17.8 Å². The Morgan fingerprint density at radius 2 is 1.53 bits per heavy atom. The van der Waals surface area contributed by atoms with Crippen LogP contribution in [-0.4, -0.2) is 60.4 Å². The van der Waals surface area contributed by atoms with Crippen molar-refractivity contribution in [1.29, 1.82) is 0 Å². The molecular formula is C30H31FN4O3. The SMILES string of the molecule is CCOC(=O)C1C(=O)NC(N2CCN(C(c3ccccc3)c3ccccc3)CC2)=NC1c1ccc(F)cc1. The lowest BCUT2D eigenvalue weighted by atomic mass is 9.91. The number of guanidine groups is 1. The van der Waals surface area contributed by atoms with Crippen LogP contribution in [0.5, 0.6) is 0 Å². The smallest absolute Gasteiger partial charge is 0.321 e. The van der Waals surface area contributed by atoms with Crippen LogP contribution in [0.15, 0.2) is 89.9 Å². The third kappa shape index (κ3) is 5.45. The maximum atomic E-state index is 13.6. The molecule has 0 radical (unpaired) electrons. The number of piperazine rings is 1. The molecular weight excluding hydrogens is 483 g/mol. The molecule has 2 heterocycles. The number of benzene rings is 3. The van der Waals surface area contributed by atoms with Crippen LogP contribution in [0.1, 0.15) is 35.7 Å². The molecule has 2 atom stereocenters. The van der Waals surface area contributed by atoms with E-state index >= 15 is 0 Å². The first-order valence-electron chi connectivity index (χ1n) is 12.9. The van der Waals surface area contributed by atoms with Crippen molar-refractivity contribution in [3.8, 4) is 0 Å². The molecule has 196 valence electrons. The molecule has 5 rings (SSSR count). The van der Waals surface area contributed by atoms with Crippen molar-refractivity contribution in [1.82, 2.24) is 15.1 Å². The van der Waals surface area contributed by atoms with Crippen LogP contribution in [0.3, 0.4) is 0 Å². The van der Waals surface area contributed by atoms with E-state index in [1.54, 1.807) is 19.1 Å². The van der Waals surface area contributed by atoms with Gasteiger partial charge in [0.05, 0.1) is 12.6 Å². The minimum Gasteiger partial charge on any atom is -0.465 e. The Kier molecular flexibility index (Phi) is 7.79. The van der Waals surface area contributed by atoms with Gasteiger partial charge in [0.15, 0.2) is 5.92 Å². The third-order valence-corrected chi connectivity index (χ3v) is 7.06. The highest BCUT2D eigenvalue weighted by molar-refractivity contribution is 6.08. The summed E-state index contributed by atoms with van der Waals surface area (Å²) < 4.78 is 18.8. The molecule has 2 aliphatic rings. The van der Waals surface area contributed by atoms with E-state index in [0.29, 0.717) is 24.6 Å². The van der Waals surface area contributed by atoms with Crippen LogP contribution < -0.4 is 5.32 Å². The monoisotopic (exact) mass is 514 g/mol. The number of carbonyl (C=O) groups excluding carboxylic acids is 2. The summed E-state index contributed by atoms with van der Waals surface area (Å²) in [5.41, 5.74) is 3.04. The first-order valence-corrected chi connectivity index (χ1v) is 12.9. The maximum Gasteiger partial charge on any atom is 0.321 e. The van der Waals surface area contributed by atoms with Gasteiger partial charge in [0.25, 0.3) is 0 Å². The standard InChI is InChI=1S/C30H31FN4O3/c1-2-38-29(37)25-26(21-13-15-24(31)16-14-21)32-30(33-28(25)36)35-19-17-34(18-20-35)27(22-9-5-3-6-10-22)23-11-7-4-8-12-23/h3-16,25-27H,2,17-20H2,1H3,(H,32,33,36). The molecule has 0 bridgehead atoms. The molecule has 38 heavy (non-hydrogen) atoms. The van der Waals surface area contributed by atoms with Gasteiger partial charge in [-0.2, -0.15) is 0 Å². The van der Waals surface area contributed by atoms with Crippen molar-refractivity contribution in [2.45, 2.75) is 19.0 Å². The summed E-state index contributed by atoms with van der Waals surface area (Å²) in [4.78, 5) is 35.1. The highest BCUT2D eigenvalue weighted by atomic mass is 19.1. The number of carbonyl (C=O) groups is 2. The van der Waals surface area contributed by atoms with Crippen LogP contribution in [-0.2, 0) is 14.3 Å². The number of amides is 1. The van der Waals surface area contributed by atoms with Crippen LogP contribution in [0.2, 0.25) is 0 Å². The van der Waals surface area contributed by atoms with Gasteiger partial charge in [0.1, 0.15) is 11.9 Å². The lowest BCUT2D eigenvalue weighted by Crippen LogP contribution is -2.57. The van der Waals surface area contributed by atoms with Gasteiger partial charge in [-0.25, -0.2) is 9.38 Å². The molecule has 0 saturated carbocycles. The summed E-state index contributed by atoms with van der Waals surface area (Å²) in [6, 6.07) is 26.0. The quantitative estimate of drug-likeness (QED) is 0.399. The molecule has 2 unspecified atom stereocenters. The van der Waals surface area contributed by atoms with Gasteiger partial charge < -0.3 is 9.64 Å². The van der Waals surface area contributed by atoms with E-state index in [9.17, 15) is 14.0 Å². The van der Waals surface area contributed by atoms with E-state index in [0.717, 1.165) is 13.1 Å². The molecule has 0 aromatic heterocycles. The number of ether oxygens (including phenoxy) is 1. The average molecular weight is 515 g/mol. The third-order valence-electron chi connectivity index (χ3n) is 7.06. The summed E-state index contributed by atoms with van der Waals surface area (Å²) in [5.74, 6) is -2.20. The minimum absolute atomic E-state index is 0.114. The highest BCUT2D eigenvalue weighted by Gasteiger charge is 2.42. The number of hydrogen-bond acceptors (Lipinski definition) is 6. The summed E-state index contributed by atoms with van der Waals surface area (Å²) in [7, 11) is 0. The Balaban J connectivity index is 1.38. The summed E-state index contributed by atoms with van der Waals surface area (Å²) in [5, 5.41) is 2.84. The number of hydrogen-bond donors (Lipinski definition) is 1. The minimum atomic E-state index is -1.13. The molecule has 3 aromatic rings. The molecule has 2 aliphatic heterocycles. The number of nitrogens with zero attached hydrogens (tertiary/aromatic N) is 3. The van der Waals surface area contributed by atoms with Gasteiger partial charge in [0, 0.05) is 26.2 Å². The molecule has 1 amide bonds. The molecule has 1 saturated heterocycles. The zero-order valence-corrected chi connectivity index (χ0v) is 21.3.